The van der Waals surface area contributed by atoms with E-state index in [2.05, 4.69) is 73.7 Å². The second-order valence-electron chi connectivity index (χ2n) is 7.69. The predicted molar refractivity (Wildman–Crippen MR) is 124 cm³/mol. The minimum Gasteiger partial charge on any atom is -0.495 e. The van der Waals surface area contributed by atoms with E-state index in [1.54, 1.807) is 7.11 Å². The quantitative estimate of drug-likeness (QED) is 0.563. The molecule has 0 bridgehead atoms. The van der Waals surface area contributed by atoms with Gasteiger partial charge < -0.3 is 14.5 Å². The van der Waals surface area contributed by atoms with E-state index < -0.39 is 0 Å². The number of carbonyl (C=O) groups is 1. The van der Waals surface area contributed by atoms with Gasteiger partial charge in [0.15, 0.2) is 0 Å². The van der Waals surface area contributed by atoms with E-state index in [-0.39, 0.29) is 6.04 Å². The molecule has 2 aromatic carbocycles. The van der Waals surface area contributed by atoms with Crippen LogP contribution in [-0.2, 0) is 4.79 Å². The lowest BCUT2D eigenvalue weighted by Gasteiger charge is -2.37. The van der Waals surface area contributed by atoms with Gasteiger partial charge in [0.25, 0.3) is 0 Å². The molecule has 0 spiro atoms. The lowest BCUT2D eigenvalue weighted by Crippen LogP contribution is -2.48. The molecule has 0 N–H and O–H groups in total. The maximum atomic E-state index is 12.5. The lowest BCUT2D eigenvalue weighted by atomic mass is 10.0. The number of anilines is 1. The first-order valence-corrected chi connectivity index (χ1v) is 11.4. The van der Waals surface area contributed by atoms with Crippen LogP contribution in [0.15, 0.2) is 48.5 Å². The number of hydrogen-bond acceptors (Lipinski definition) is 4. The number of para-hydroxylation sites is 2. The molecule has 1 amide bonds. The second kappa shape index (κ2) is 9.34. The van der Waals surface area contributed by atoms with Crippen molar-refractivity contribution in [3.8, 4) is 5.75 Å². The van der Waals surface area contributed by atoms with Crippen molar-refractivity contribution in [2.24, 2.45) is 0 Å². The standard InChI is InChI=1S/C23H28IN3O2/c1-29-22-5-3-2-4-21(22)26-15-12-25(13-16-26)14-17-27-20(10-11-23(27)28)18-6-8-19(24)9-7-18/h2-9,20H,10-17H2,1H3/i24-2. The summed E-state index contributed by atoms with van der Waals surface area (Å²) in [5.74, 6) is 1.23. The van der Waals surface area contributed by atoms with Crippen molar-refractivity contribution in [1.29, 1.82) is 0 Å². The number of carbonyl (C=O) groups excluding carboxylic acids is 1. The van der Waals surface area contributed by atoms with Crippen LogP contribution in [0.2, 0.25) is 0 Å². The maximum absolute atomic E-state index is 12.5. The number of amides is 1. The zero-order chi connectivity index (χ0) is 20.2. The number of piperazine rings is 1. The third-order valence-corrected chi connectivity index (χ3v) is 6.76. The fourth-order valence-corrected chi connectivity index (χ4v) is 4.76. The molecule has 2 fully saturated rings. The minimum absolute atomic E-state index is 0.231. The fourth-order valence-electron chi connectivity index (χ4n) is 4.40. The van der Waals surface area contributed by atoms with Crippen molar-refractivity contribution in [3.63, 3.8) is 0 Å². The van der Waals surface area contributed by atoms with Crippen molar-refractivity contribution in [3.05, 3.63) is 57.7 Å². The van der Waals surface area contributed by atoms with Crippen LogP contribution in [0, 0.1) is 3.57 Å². The monoisotopic (exact) mass is 503 g/mol. The average Bonchev–Trinajstić information content (AvgIpc) is 3.13. The summed E-state index contributed by atoms with van der Waals surface area (Å²) >= 11 is 2.33. The summed E-state index contributed by atoms with van der Waals surface area (Å²) in [6, 6.07) is 17.1. The van der Waals surface area contributed by atoms with Crippen molar-refractivity contribution < 1.29 is 9.53 Å². The average molecular weight is 503 g/mol. The van der Waals surface area contributed by atoms with Gasteiger partial charge in [-0.25, -0.2) is 0 Å². The van der Waals surface area contributed by atoms with Crippen LogP contribution in [0.5, 0.6) is 5.75 Å². The Kier molecular flexibility index (Phi) is 6.60. The van der Waals surface area contributed by atoms with Gasteiger partial charge in [-0.05, 0) is 58.8 Å². The van der Waals surface area contributed by atoms with Crippen LogP contribution in [0.4, 0.5) is 5.69 Å². The molecular weight excluding hydrogens is 475 g/mol. The molecule has 2 aromatic rings. The number of likely N-dealkylation sites (tertiary alicyclic amines) is 1. The highest BCUT2D eigenvalue weighted by molar-refractivity contribution is 14.1. The van der Waals surface area contributed by atoms with Crippen molar-refractivity contribution in [2.45, 2.75) is 18.9 Å². The highest BCUT2D eigenvalue weighted by Gasteiger charge is 2.32. The highest BCUT2D eigenvalue weighted by Crippen LogP contribution is 2.33. The Morgan fingerprint density at radius 1 is 1.00 bits per heavy atom. The minimum atomic E-state index is 0.231. The molecular formula is C23H28IN3O2. The first kappa shape index (κ1) is 20.5. The van der Waals surface area contributed by atoms with Gasteiger partial charge in [-0.15, -0.1) is 0 Å². The van der Waals surface area contributed by atoms with Crippen molar-refractivity contribution in [1.82, 2.24) is 9.80 Å². The fraction of sp³-hybridized carbons (Fsp3) is 0.435. The van der Waals surface area contributed by atoms with E-state index in [4.69, 9.17) is 4.74 Å². The first-order valence-electron chi connectivity index (χ1n) is 10.3. The molecule has 2 aliphatic heterocycles. The molecule has 2 heterocycles. The Hall–Kier alpha value is -1.80. The van der Waals surface area contributed by atoms with Gasteiger partial charge in [-0.1, -0.05) is 24.3 Å². The summed E-state index contributed by atoms with van der Waals surface area (Å²) in [4.78, 5) is 19.4. The van der Waals surface area contributed by atoms with Crippen molar-refractivity contribution >= 4 is 34.2 Å². The number of rotatable bonds is 6. The molecule has 2 aliphatic rings. The SMILES string of the molecule is COc1ccccc1N1CCN(CCN2C(=O)CCC2c2ccc([125I])cc2)CC1. The number of ether oxygens (including phenoxy) is 1. The Bertz CT molecular complexity index is 834. The summed E-state index contributed by atoms with van der Waals surface area (Å²) in [7, 11) is 1.73. The van der Waals surface area contributed by atoms with Crippen LogP contribution in [-0.4, -0.2) is 62.1 Å². The highest BCUT2D eigenvalue weighted by atomic mass is 125. The van der Waals surface area contributed by atoms with E-state index in [0.29, 0.717) is 12.3 Å². The second-order valence-corrected chi connectivity index (χ2v) is 8.94. The van der Waals surface area contributed by atoms with E-state index in [1.165, 1.54) is 14.8 Å². The number of benzene rings is 2. The number of halogens is 1. The normalized spacial score (nSPS) is 20.3. The Morgan fingerprint density at radius 2 is 1.72 bits per heavy atom. The van der Waals surface area contributed by atoms with Crippen LogP contribution in [0.3, 0.4) is 0 Å². The molecule has 4 rings (SSSR count). The third kappa shape index (κ3) is 4.69. The largest absolute Gasteiger partial charge is 0.495 e. The third-order valence-electron chi connectivity index (χ3n) is 6.04. The van der Waals surface area contributed by atoms with Gasteiger partial charge in [-0.2, -0.15) is 0 Å². The first-order chi connectivity index (χ1) is 14.2. The molecule has 1 atom stereocenters. The summed E-state index contributed by atoms with van der Waals surface area (Å²) < 4.78 is 6.75. The predicted octanol–water partition coefficient (Wildman–Crippen LogP) is 3.79. The zero-order valence-corrected chi connectivity index (χ0v) is 19.0. The van der Waals surface area contributed by atoms with Crippen LogP contribution in [0.1, 0.15) is 24.4 Å². The summed E-state index contributed by atoms with van der Waals surface area (Å²) in [5.41, 5.74) is 2.43. The van der Waals surface area contributed by atoms with E-state index >= 15 is 0 Å². The van der Waals surface area contributed by atoms with E-state index in [1.807, 2.05) is 12.1 Å². The van der Waals surface area contributed by atoms with Gasteiger partial charge in [0.2, 0.25) is 5.91 Å². The van der Waals surface area contributed by atoms with Gasteiger partial charge in [0, 0.05) is 49.3 Å². The van der Waals surface area contributed by atoms with Crippen LogP contribution >= 0.6 is 22.6 Å². The molecule has 29 heavy (non-hydrogen) atoms. The molecule has 0 radical (unpaired) electrons. The number of methoxy groups -OCH3 is 1. The van der Waals surface area contributed by atoms with Crippen molar-refractivity contribution in [2.75, 3.05) is 51.3 Å². The topological polar surface area (TPSA) is 36.0 Å². The molecule has 5 nitrogen and oxygen atoms in total. The molecule has 0 aliphatic carbocycles. The molecule has 154 valence electrons. The lowest BCUT2D eigenvalue weighted by molar-refractivity contribution is -0.129. The van der Waals surface area contributed by atoms with E-state index in [9.17, 15) is 4.79 Å². The van der Waals surface area contributed by atoms with Gasteiger partial charge >= 0.3 is 0 Å². The molecule has 0 aromatic heterocycles. The Morgan fingerprint density at radius 3 is 2.45 bits per heavy atom. The van der Waals surface area contributed by atoms with Gasteiger partial charge in [0.1, 0.15) is 5.75 Å². The van der Waals surface area contributed by atoms with Crippen LogP contribution < -0.4 is 9.64 Å². The zero-order valence-electron chi connectivity index (χ0n) is 16.9. The number of nitrogens with zero attached hydrogens (tertiary/aromatic N) is 3. The Labute approximate surface area is 186 Å². The molecule has 6 heteroatoms. The Balaban J connectivity index is 1.32. The summed E-state index contributed by atoms with van der Waals surface area (Å²) in [6.07, 6.45) is 1.60. The molecule has 2 saturated heterocycles. The van der Waals surface area contributed by atoms with Gasteiger partial charge in [-0.3, -0.25) is 9.69 Å². The summed E-state index contributed by atoms with van der Waals surface area (Å²) in [6.45, 7) is 5.73. The molecule has 1 unspecified atom stereocenters. The number of hydrogen-bond donors (Lipinski definition) is 0. The smallest absolute Gasteiger partial charge is 0.223 e. The molecule has 0 saturated carbocycles. The maximum Gasteiger partial charge on any atom is 0.223 e. The summed E-state index contributed by atoms with van der Waals surface area (Å²) in [5, 5.41) is 0. The van der Waals surface area contributed by atoms with Gasteiger partial charge in [0.05, 0.1) is 18.8 Å². The van der Waals surface area contributed by atoms with Crippen LogP contribution in [0.25, 0.3) is 0 Å². The van der Waals surface area contributed by atoms with E-state index in [0.717, 1.165) is 51.4 Å².